The summed E-state index contributed by atoms with van der Waals surface area (Å²) in [6, 6.07) is 6.65. The van der Waals surface area contributed by atoms with Crippen molar-refractivity contribution in [2.75, 3.05) is 7.05 Å². The Morgan fingerprint density at radius 1 is 1.24 bits per heavy atom. The van der Waals surface area contributed by atoms with E-state index in [-0.39, 0.29) is 6.04 Å². The Hall–Kier alpha value is -1.02. The molecule has 0 radical (unpaired) electrons. The van der Waals surface area contributed by atoms with Crippen molar-refractivity contribution in [2.24, 2.45) is 0 Å². The average Bonchev–Trinajstić information content (AvgIpc) is 2.32. The molecule has 0 amide bonds. The number of phenolic OH excluding ortho intramolecular Hbond substituents is 1. The van der Waals surface area contributed by atoms with Gasteiger partial charge in [-0.15, -0.1) is 0 Å². The van der Waals surface area contributed by atoms with Gasteiger partial charge in [-0.3, -0.25) is 4.90 Å². The van der Waals surface area contributed by atoms with E-state index in [1.165, 1.54) is 5.56 Å². The van der Waals surface area contributed by atoms with Crippen LogP contribution in [0.5, 0.6) is 5.75 Å². The van der Waals surface area contributed by atoms with Gasteiger partial charge in [-0.05, 0) is 39.8 Å². The van der Waals surface area contributed by atoms with Crippen LogP contribution in [0.4, 0.5) is 0 Å². The van der Waals surface area contributed by atoms with Gasteiger partial charge in [-0.1, -0.05) is 31.5 Å². The van der Waals surface area contributed by atoms with Crippen molar-refractivity contribution in [3.8, 4) is 5.75 Å². The lowest BCUT2D eigenvalue weighted by Gasteiger charge is -2.32. The molecule has 17 heavy (non-hydrogen) atoms. The van der Waals surface area contributed by atoms with E-state index in [4.69, 9.17) is 0 Å². The smallest absolute Gasteiger partial charge is 0.120 e. The van der Waals surface area contributed by atoms with Gasteiger partial charge in [0.2, 0.25) is 0 Å². The molecule has 0 aromatic heterocycles. The standard InChI is InChI=1S/C15H25NO/c1-6-13(7-2)16(5)12(4)14-10-11(3)8-9-15(14)17/h8-10,12-13,17H,6-7H2,1-5H3. The lowest BCUT2D eigenvalue weighted by atomic mass is 10.0. The summed E-state index contributed by atoms with van der Waals surface area (Å²) in [5.74, 6) is 0.404. The zero-order valence-electron chi connectivity index (χ0n) is 11.7. The molecule has 1 aromatic carbocycles. The highest BCUT2D eigenvalue weighted by molar-refractivity contribution is 5.37. The monoisotopic (exact) mass is 235 g/mol. The van der Waals surface area contributed by atoms with E-state index in [2.05, 4.69) is 45.7 Å². The molecule has 2 heteroatoms. The van der Waals surface area contributed by atoms with Crippen molar-refractivity contribution in [1.29, 1.82) is 0 Å². The summed E-state index contributed by atoms with van der Waals surface area (Å²) in [5, 5.41) is 9.95. The van der Waals surface area contributed by atoms with Crippen molar-refractivity contribution >= 4 is 0 Å². The molecule has 0 saturated heterocycles. The number of phenols is 1. The normalized spacial score (nSPS) is 13.4. The summed E-state index contributed by atoms with van der Waals surface area (Å²) in [6.07, 6.45) is 2.29. The van der Waals surface area contributed by atoms with Crippen LogP contribution in [0.3, 0.4) is 0 Å². The molecule has 0 aliphatic heterocycles. The number of benzene rings is 1. The quantitative estimate of drug-likeness (QED) is 0.837. The Labute approximate surface area is 105 Å². The molecular weight excluding hydrogens is 210 g/mol. The third-order valence-corrected chi connectivity index (χ3v) is 3.76. The van der Waals surface area contributed by atoms with Crippen LogP contribution in [0.2, 0.25) is 0 Å². The minimum atomic E-state index is 0.250. The van der Waals surface area contributed by atoms with Gasteiger partial charge in [-0.2, -0.15) is 0 Å². The van der Waals surface area contributed by atoms with E-state index < -0.39 is 0 Å². The van der Waals surface area contributed by atoms with Crippen LogP contribution in [0.1, 0.15) is 50.8 Å². The number of hydrogen-bond acceptors (Lipinski definition) is 2. The highest BCUT2D eigenvalue weighted by Gasteiger charge is 2.20. The molecular formula is C15H25NO. The van der Waals surface area contributed by atoms with E-state index in [1.807, 2.05) is 6.07 Å². The maximum atomic E-state index is 9.95. The van der Waals surface area contributed by atoms with Crippen LogP contribution >= 0.6 is 0 Å². The topological polar surface area (TPSA) is 23.5 Å². The molecule has 1 atom stereocenters. The number of rotatable bonds is 5. The fraction of sp³-hybridized carbons (Fsp3) is 0.600. The summed E-state index contributed by atoms with van der Waals surface area (Å²) >= 11 is 0. The Morgan fingerprint density at radius 3 is 2.35 bits per heavy atom. The fourth-order valence-electron chi connectivity index (χ4n) is 2.41. The molecule has 1 N–H and O–H groups in total. The van der Waals surface area contributed by atoms with Gasteiger partial charge < -0.3 is 5.11 Å². The van der Waals surface area contributed by atoms with Gasteiger partial charge in [0, 0.05) is 17.6 Å². The van der Waals surface area contributed by atoms with Gasteiger partial charge >= 0.3 is 0 Å². The predicted molar refractivity (Wildman–Crippen MR) is 73.4 cm³/mol. The van der Waals surface area contributed by atoms with Gasteiger partial charge in [0.05, 0.1) is 0 Å². The molecule has 2 nitrogen and oxygen atoms in total. The highest BCUT2D eigenvalue weighted by Crippen LogP contribution is 2.30. The van der Waals surface area contributed by atoms with E-state index in [1.54, 1.807) is 6.07 Å². The lowest BCUT2D eigenvalue weighted by molar-refractivity contribution is 0.172. The third-order valence-electron chi connectivity index (χ3n) is 3.76. The third kappa shape index (κ3) is 3.22. The second-order valence-electron chi connectivity index (χ2n) is 4.87. The molecule has 0 saturated carbocycles. The first-order valence-corrected chi connectivity index (χ1v) is 6.52. The Kier molecular flexibility index (Phi) is 5.01. The highest BCUT2D eigenvalue weighted by atomic mass is 16.3. The Bertz CT molecular complexity index is 358. The molecule has 0 fully saturated rings. The van der Waals surface area contributed by atoms with Crippen LogP contribution < -0.4 is 0 Å². The first kappa shape index (κ1) is 14.0. The molecule has 0 aliphatic carbocycles. The number of hydrogen-bond donors (Lipinski definition) is 1. The number of nitrogens with zero attached hydrogens (tertiary/aromatic N) is 1. The second-order valence-corrected chi connectivity index (χ2v) is 4.87. The summed E-state index contributed by atoms with van der Waals surface area (Å²) in [5.41, 5.74) is 2.22. The largest absolute Gasteiger partial charge is 0.508 e. The van der Waals surface area contributed by atoms with E-state index in [0.29, 0.717) is 11.8 Å². The summed E-state index contributed by atoms with van der Waals surface area (Å²) in [7, 11) is 2.14. The van der Waals surface area contributed by atoms with Crippen LogP contribution in [0.25, 0.3) is 0 Å². The van der Waals surface area contributed by atoms with Crippen molar-refractivity contribution in [3.05, 3.63) is 29.3 Å². The van der Waals surface area contributed by atoms with Crippen LogP contribution in [0, 0.1) is 6.92 Å². The summed E-state index contributed by atoms with van der Waals surface area (Å²) in [4.78, 5) is 2.36. The van der Waals surface area contributed by atoms with Crippen LogP contribution in [0.15, 0.2) is 18.2 Å². The van der Waals surface area contributed by atoms with Gasteiger partial charge in [-0.25, -0.2) is 0 Å². The maximum absolute atomic E-state index is 9.95. The average molecular weight is 235 g/mol. The van der Waals surface area contributed by atoms with Crippen molar-refractivity contribution < 1.29 is 5.11 Å². The fourth-order valence-corrected chi connectivity index (χ4v) is 2.41. The zero-order valence-corrected chi connectivity index (χ0v) is 11.7. The first-order valence-electron chi connectivity index (χ1n) is 6.52. The summed E-state index contributed by atoms with van der Waals surface area (Å²) in [6.45, 7) is 8.65. The SMILES string of the molecule is CCC(CC)N(C)C(C)c1cc(C)ccc1O. The lowest BCUT2D eigenvalue weighted by Crippen LogP contribution is -2.33. The minimum Gasteiger partial charge on any atom is -0.508 e. The predicted octanol–water partition coefficient (Wildman–Crippen LogP) is 3.88. The molecule has 0 aliphatic rings. The Morgan fingerprint density at radius 2 is 1.82 bits per heavy atom. The van der Waals surface area contributed by atoms with E-state index >= 15 is 0 Å². The number of aryl methyl sites for hydroxylation is 1. The first-order chi connectivity index (χ1) is 8.01. The number of aromatic hydroxyl groups is 1. The van der Waals surface area contributed by atoms with Crippen molar-refractivity contribution in [3.63, 3.8) is 0 Å². The Balaban J connectivity index is 2.94. The van der Waals surface area contributed by atoms with Crippen LogP contribution in [-0.4, -0.2) is 23.1 Å². The molecule has 0 spiro atoms. The molecule has 1 rings (SSSR count). The zero-order chi connectivity index (χ0) is 13.0. The second kappa shape index (κ2) is 6.06. The van der Waals surface area contributed by atoms with E-state index in [9.17, 15) is 5.11 Å². The molecule has 0 heterocycles. The van der Waals surface area contributed by atoms with Crippen molar-refractivity contribution in [2.45, 2.75) is 52.6 Å². The molecule has 96 valence electrons. The van der Waals surface area contributed by atoms with Gasteiger partial charge in [0.25, 0.3) is 0 Å². The molecule has 1 unspecified atom stereocenters. The van der Waals surface area contributed by atoms with Crippen LogP contribution in [-0.2, 0) is 0 Å². The summed E-state index contributed by atoms with van der Waals surface area (Å²) < 4.78 is 0. The van der Waals surface area contributed by atoms with Gasteiger partial charge in [0.1, 0.15) is 5.75 Å². The van der Waals surface area contributed by atoms with Crippen molar-refractivity contribution in [1.82, 2.24) is 4.90 Å². The molecule has 1 aromatic rings. The van der Waals surface area contributed by atoms with Gasteiger partial charge in [0.15, 0.2) is 0 Å². The minimum absolute atomic E-state index is 0.250. The van der Waals surface area contributed by atoms with E-state index in [0.717, 1.165) is 18.4 Å². The molecule has 0 bridgehead atoms. The maximum Gasteiger partial charge on any atom is 0.120 e.